The van der Waals surface area contributed by atoms with Gasteiger partial charge in [0.2, 0.25) is 0 Å². The molecule has 5 heteroatoms. The number of urea groups is 1. The van der Waals surface area contributed by atoms with E-state index in [0.29, 0.717) is 23.5 Å². The van der Waals surface area contributed by atoms with Crippen molar-refractivity contribution in [3.8, 4) is 0 Å². The van der Waals surface area contributed by atoms with Gasteiger partial charge in [0.05, 0.1) is 6.61 Å². The molecule has 0 saturated heterocycles. The number of carbonyl (C=O) groups excluding carboxylic acids is 1. The zero-order valence-corrected chi connectivity index (χ0v) is 11.9. The summed E-state index contributed by atoms with van der Waals surface area (Å²) >= 11 is 0. The number of aryl methyl sites for hydroxylation is 1. The summed E-state index contributed by atoms with van der Waals surface area (Å²) in [5.74, 6) is -0.330. The number of anilines is 2. The van der Waals surface area contributed by atoms with Gasteiger partial charge in [0.25, 0.3) is 0 Å². The maximum atomic E-state index is 13.0. The molecule has 0 saturated carbocycles. The molecule has 2 rings (SSSR count). The zero-order valence-electron chi connectivity index (χ0n) is 11.9. The van der Waals surface area contributed by atoms with Gasteiger partial charge in [0, 0.05) is 24.0 Å². The molecule has 0 aromatic heterocycles. The number of benzene rings is 2. The lowest BCUT2D eigenvalue weighted by atomic mass is 10.2. The van der Waals surface area contributed by atoms with Crippen molar-refractivity contribution in [1.82, 2.24) is 0 Å². The van der Waals surface area contributed by atoms with Crippen LogP contribution in [-0.4, -0.2) is 13.1 Å². The highest BCUT2D eigenvalue weighted by molar-refractivity contribution is 6.00. The Morgan fingerprint density at radius 2 is 1.86 bits per heavy atom. The number of halogens is 1. The number of methoxy groups -OCH3 is 1. The van der Waals surface area contributed by atoms with Crippen LogP contribution in [0.1, 0.15) is 11.1 Å². The fourth-order valence-electron chi connectivity index (χ4n) is 1.97. The number of ether oxygens (including phenoxy) is 1. The molecule has 0 bridgehead atoms. The summed E-state index contributed by atoms with van der Waals surface area (Å²) in [4.78, 5) is 12.0. The molecule has 21 heavy (non-hydrogen) atoms. The van der Waals surface area contributed by atoms with Crippen LogP contribution in [-0.2, 0) is 11.3 Å². The number of hydrogen-bond acceptors (Lipinski definition) is 2. The van der Waals surface area contributed by atoms with Gasteiger partial charge < -0.3 is 15.4 Å². The van der Waals surface area contributed by atoms with Crippen molar-refractivity contribution in [3.05, 3.63) is 59.4 Å². The smallest absolute Gasteiger partial charge is 0.323 e. The monoisotopic (exact) mass is 288 g/mol. The number of amides is 2. The Kier molecular flexibility index (Phi) is 4.90. The maximum absolute atomic E-state index is 13.0. The van der Waals surface area contributed by atoms with E-state index in [0.717, 1.165) is 5.56 Å². The van der Waals surface area contributed by atoms with Crippen molar-refractivity contribution >= 4 is 17.4 Å². The first-order valence-electron chi connectivity index (χ1n) is 6.51. The van der Waals surface area contributed by atoms with Gasteiger partial charge in [-0.25, -0.2) is 9.18 Å². The standard InChI is InChI=1S/C16H17FN2O2/c1-11-9-13(17)7-8-14(11)18-16(20)19-15-6-4-3-5-12(15)10-21-2/h3-9H,10H2,1-2H3,(H2,18,19,20). The van der Waals surface area contributed by atoms with Gasteiger partial charge in [-0.2, -0.15) is 0 Å². The van der Waals surface area contributed by atoms with E-state index in [2.05, 4.69) is 10.6 Å². The zero-order chi connectivity index (χ0) is 15.2. The van der Waals surface area contributed by atoms with E-state index in [-0.39, 0.29) is 11.8 Å². The second kappa shape index (κ2) is 6.85. The summed E-state index contributed by atoms with van der Waals surface area (Å²) in [6.45, 7) is 2.14. The van der Waals surface area contributed by atoms with Crippen molar-refractivity contribution in [2.75, 3.05) is 17.7 Å². The minimum atomic E-state index is -0.381. The van der Waals surface area contributed by atoms with Gasteiger partial charge in [0.15, 0.2) is 0 Å². The number of para-hydroxylation sites is 1. The Morgan fingerprint density at radius 3 is 2.57 bits per heavy atom. The quantitative estimate of drug-likeness (QED) is 0.895. The van der Waals surface area contributed by atoms with Crippen LogP contribution in [0.5, 0.6) is 0 Å². The second-order valence-electron chi connectivity index (χ2n) is 4.63. The Balaban J connectivity index is 2.08. The van der Waals surface area contributed by atoms with Crippen LogP contribution in [0.15, 0.2) is 42.5 Å². The van der Waals surface area contributed by atoms with Gasteiger partial charge >= 0.3 is 6.03 Å². The van der Waals surface area contributed by atoms with E-state index in [9.17, 15) is 9.18 Å². The largest absolute Gasteiger partial charge is 0.380 e. The predicted molar refractivity (Wildman–Crippen MR) is 80.9 cm³/mol. The van der Waals surface area contributed by atoms with Crippen molar-refractivity contribution in [3.63, 3.8) is 0 Å². The molecule has 0 unspecified atom stereocenters. The highest BCUT2D eigenvalue weighted by Gasteiger charge is 2.08. The summed E-state index contributed by atoms with van der Waals surface area (Å²) in [5, 5.41) is 5.46. The van der Waals surface area contributed by atoms with E-state index >= 15 is 0 Å². The summed E-state index contributed by atoms with van der Waals surface area (Å²) < 4.78 is 18.1. The fourth-order valence-corrected chi connectivity index (χ4v) is 1.97. The third kappa shape index (κ3) is 4.03. The van der Waals surface area contributed by atoms with E-state index < -0.39 is 0 Å². The van der Waals surface area contributed by atoms with Gasteiger partial charge in [-0.15, -0.1) is 0 Å². The Hall–Kier alpha value is -2.40. The summed E-state index contributed by atoms with van der Waals surface area (Å²) in [6.07, 6.45) is 0. The first-order valence-corrected chi connectivity index (χ1v) is 6.51. The average Bonchev–Trinajstić information content (AvgIpc) is 2.44. The van der Waals surface area contributed by atoms with E-state index in [4.69, 9.17) is 4.74 Å². The molecule has 2 aromatic rings. The molecule has 2 aromatic carbocycles. The van der Waals surface area contributed by atoms with Crippen LogP contribution in [0.2, 0.25) is 0 Å². The third-order valence-corrected chi connectivity index (χ3v) is 3.00. The SMILES string of the molecule is COCc1ccccc1NC(=O)Nc1ccc(F)cc1C. The van der Waals surface area contributed by atoms with Gasteiger partial charge in [0.1, 0.15) is 5.82 Å². The Bertz CT molecular complexity index is 644. The summed E-state index contributed by atoms with van der Waals surface area (Å²) in [5.41, 5.74) is 2.79. The summed E-state index contributed by atoms with van der Waals surface area (Å²) in [6, 6.07) is 11.2. The fraction of sp³-hybridized carbons (Fsp3) is 0.188. The van der Waals surface area contributed by atoms with Crippen molar-refractivity contribution in [2.24, 2.45) is 0 Å². The molecule has 0 aliphatic carbocycles. The predicted octanol–water partition coefficient (Wildman–Crippen LogP) is 3.92. The van der Waals surface area contributed by atoms with Crippen LogP contribution in [0.25, 0.3) is 0 Å². The molecule has 4 nitrogen and oxygen atoms in total. The molecule has 110 valence electrons. The molecule has 0 heterocycles. The molecule has 0 aliphatic rings. The van der Waals surface area contributed by atoms with Gasteiger partial charge in [-0.1, -0.05) is 18.2 Å². The van der Waals surface area contributed by atoms with Gasteiger partial charge in [-0.05, 0) is 36.8 Å². The lowest BCUT2D eigenvalue weighted by Crippen LogP contribution is -2.20. The summed E-state index contributed by atoms with van der Waals surface area (Å²) in [7, 11) is 1.60. The molecule has 0 aliphatic heterocycles. The van der Waals surface area contributed by atoms with Crippen molar-refractivity contribution in [2.45, 2.75) is 13.5 Å². The normalized spacial score (nSPS) is 10.2. The molecular formula is C16H17FN2O2. The second-order valence-corrected chi connectivity index (χ2v) is 4.63. The Labute approximate surface area is 122 Å². The molecular weight excluding hydrogens is 271 g/mol. The molecule has 0 spiro atoms. The molecule has 0 fully saturated rings. The van der Waals surface area contributed by atoms with E-state index in [1.54, 1.807) is 20.1 Å². The number of carbonyl (C=O) groups is 1. The highest BCUT2D eigenvalue weighted by Crippen LogP contribution is 2.18. The van der Waals surface area contributed by atoms with Crippen LogP contribution in [0.3, 0.4) is 0 Å². The van der Waals surface area contributed by atoms with E-state index in [1.807, 2.05) is 18.2 Å². The average molecular weight is 288 g/mol. The van der Waals surface area contributed by atoms with Crippen LogP contribution in [0, 0.1) is 12.7 Å². The highest BCUT2D eigenvalue weighted by atomic mass is 19.1. The molecule has 0 atom stereocenters. The number of rotatable bonds is 4. The molecule has 2 N–H and O–H groups in total. The third-order valence-electron chi connectivity index (χ3n) is 3.00. The van der Waals surface area contributed by atoms with Gasteiger partial charge in [-0.3, -0.25) is 0 Å². The van der Waals surface area contributed by atoms with Crippen molar-refractivity contribution in [1.29, 1.82) is 0 Å². The lowest BCUT2D eigenvalue weighted by Gasteiger charge is -2.12. The topological polar surface area (TPSA) is 50.4 Å². The Morgan fingerprint density at radius 1 is 1.14 bits per heavy atom. The molecule has 2 amide bonds. The minimum Gasteiger partial charge on any atom is -0.380 e. The maximum Gasteiger partial charge on any atom is 0.323 e. The first-order chi connectivity index (χ1) is 10.1. The van der Waals surface area contributed by atoms with E-state index in [1.165, 1.54) is 18.2 Å². The number of nitrogens with one attached hydrogen (secondary N) is 2. The number of hydrogen-bond donors (Lipinski definition) is 2. The van der Waals surface area contributed by atoms with Crippen LogP contribution >= 0.6 is 0 Å². The van der Waals surface area contributed by atoms with Crippen LogP contribution < -0.4 is 10.6 Å². The van der Waals surface area contributed by atoms with Crippen LogP contribution in [0.4, 0.5) is 20.6 Å². The van der Waals surface area contributed by atoms with Crippen molar-refractivity contribution < 1.29 is 13.9 Å². The minimum absolute atomic E-state index is 0.330. The molecule has 0 radical (unpaired) electrons. The first kappa shape index (κ1) is 15.0. The lowest BCUT2D eigenvalue weighted by molar-refractivity contribution is 0.185.